The molecule has 0 atom stereocenters. The number of nitrogens with zero attached hydrogens (tertiary/aromatic N) is 1. The van der Waals surface area contributed by atoms with Gasteiger partial charge in [-0.3, -0.25) is 0 Å². The molecule has 1 rings (SSSR count). The van der Waals surface area contributed by atoms with E-state index in [0.29, 0.717) is 6.04 Å². The minimum absolute atomic E-state index is 0.493. The first-order valence-electron chi connectivity index (χ1n) is 4.02. The van der Waals surface area contributed by atoms with Gasteiger partial charge >= 0.3 is 5.89 Å². The van der Waals surface area contributed by atoms with Crippen LogP contribution in [0.25, 0.3) is 0 Å². The number of hydrogen-bond acceptors (Lipinski definition) is 1. The van der Waals surface area contributed by atoms with Crippen LogP contribution >= 0.6 is 0 Å². The summed E-state index contributed by atoms with van der Waals surface area (Å²) >= 11 is 0. The minimum Gasteiger partial charge on any atom is -0.407 e. The van der Waals surface area contributed by atoms with Crippen LogP contribution in [0.15, 0.2) is 4.42 Å². The van der Waals surface area contributed by atoms with Crippen molar-refractivity contribution in [3.63, 3.8) is 0 Å². The van der Waals surface area contributed by atoms with Crippen molar-refractivity contribution in [1.82, 2.24) is 0 Å². The molecule has 0 N–H and O–H groups in total. The van der Waals surface area contributed by atoms with Crippen molar-refractivity contribution in [3.05, 3.63) is 17.3 Å². The molecule has 0 aliphatic carbocycles. The number of hydrogen-bond donors (Lipinski definition) is 0. The highest BCUT2D eigenvalue weighted by Gasteiger charge is 2.21. The summed E-state index contributed by atoms with van der Waals surface area (Å²) in [6.45, 7) is 10.4. The molecule has 0 saturated carbocycles. The maximum absolute atomic E-state index is 5.47. The highest BCUT2D eigenvalue weighted by atomic mass is 16.4. The molecule has 0 amide bonds. The second kappa shape index (κ2) is 2.68. The molecule has 0 aliphatic heterocycles. The van der Waals surface area contributed by atoms with Crippen LogP contribution < -0.4 is 4.57 Å². The lowest BCUT2D eigenvalue weighted by molar-refractivity contribution is -0.730. The molecule has 1 aromatic heterocycles. The molecule has 2 nitrogen and oxygen atoms in total. The van der Waals surface area contributed by atoms with E-state index in [-0.39, 0.29) is 0 Å². The Morgan fingerprint density at radius 2 is 1.73 bits per heavy atom. The zero-order valence-electron chi connectivity index (χ0n) is 7.93. The van der Waals surface area contributed by atoms with Crippen molar-refractivity contribution in [2.24, 2.45) is 0 Å². The second-order valence-corrected chi connectivity index (χ2v) is 3.23. The fraction of sp³-hybridized carbons (Fsp3) is 0.667. The zero-order valence-corrected chi connectivity index (χ0v) is 7.93. The Balaban J connectivity index is 3.22. The van der Waals surface area contributed by atoms with Gasteiger partial charge in [-0.1, -0.05) is 0 Å². The van der Waals surface area contributed by atoms with Gasteiger partial charge in [-0.05, 0) is 13.8 Å². The summed E-state index contributed by atoms with van der Waals surface area (Å²) in [6.07, 6.45) is 0. The van der Waals surface area contributed by atoms with Gasteiger partial charge in [0, 0.05) is 13.8 Å². The highest BCUT2D eigenvalue weighted by molar-refractivity contribution is 4.97. The van der Waals surface area contributed by atoms with E-state index in [1.807, 2.05) is 13.8 Å². The van der Waals surface area contributed by atoms with Gasteiger partial charge in [0.15, 0.2) is 11.8 Å². The van der Waals surface area contributed by atoms with Gasteiger partial charge in [0.1, 0.15) is 0 Å². The molecule has 62 valence electrons. The van der Waals surface area contributed by atoms with Crippen LogP contribution in [0.5, 0.6) is 0 Å². The SMILES string of the molecule is Cc1oc(C)[n+](C(C)C)c1C. The molecule has 0 spiro atoms. The lowest BCUT2D eigenvalue weighted by atomic mass is 10.3. The van der Waals surface area contributed by atoms with Crippen LogP contribution in [0.3, 0.4) is 0 Å². The predicted molar refractivity (Wildman–Crippen MR) is 43.5 cm³/mol. The third-order valence-electron chi connectivity index (χ3n) is 2.03. The summed E-state index contributed by atoms with van der Waals surface area (Å²) in [6, 6.07) is 0.493. The second-order valence-electron chi connectivity index (χ2n) is 3.23. The van der Waals surface area contributed by atoms with Gasteiger partial charge in [-0.15, -0.1) is 0 Å². The van der Waals surface area contributed by atoms with Gasteiger partial charge in [0.05, 0.1) is 6.92 Å². The van der Waals surface area contributed by atoms with Crippen molar-refractivity contribution in [2.45, 2.75) is 40.7 Å². The van der Waals surface area contributed by atoms with Crippen LogP contribution in [0.1, 0.15) is 37.2 Å². The number of aromatic nitrogens is 1. The van der Waals surface area contributed by atoms with Crippen LogP contribution in [0.2, 0.25) is 0 Å². The smallest absolute Gasteiger partial charge is 0.344 e. The number of rotatable bonds is 1. The van der Waals surface area contributed by atoms with Crippen LogP contribution in [-0.2, 0) is 0 Å². The van der Waals surface area contributed by atoms with E-state index in [9.17, 15) is 0 Å². The quantitative estimate of drug-likeness (QED) is 0.566. The summed E-state index contributed by atoms with van der Waals surface area (Å²) < 4.78 is 7.67. The fourth-order valence-electron chi connectivity index (χ4n) is 1.50. The van der Waals surface area contributed by atoms with Crippen LogP contribution in [-0.4, -0.2) is 0 Å². The Labute approximate surface area is 67.8 Å². The summed E-state index contributed by atoms with van der Waals surface area (Å²) in [4.78, 5) is 0. The molecule has 0 unspecified atom stereocenters. The first kappa shape index (κ1) is 8.31. The Bertz CT molecular complexity index is 261. The number of aryl methyl sites for hydroxylation is 2. The monoisotopic (exact) mass is 154 g/mol. The van der Waals surface area contributed by atoms with Gasteiger partial charge < -0.3 is 4.42 Å². The molecule has 2 heteroatoms. The van der Waals surface area contributed by atoms with Crippen molar-refractivity contribution in [3.8, 4) is 0 Å². The average molecular weight is 154 g/mol. The van der Waals surface area contributed by atoms with Crippen molar-refractivity contribution >= 4 is 0 Å². The maximum Gasteiger partial charge on any atom is 0.344 e. The predicted octanol–water partition coefficient (Wildman–Crippen LogP) is 2.07. The summed E-state index contributed by atoms with van der Waals surface area (Å²) in [7, 11) is 0. The van der Waals surface area contributed by atoms with Gasteiger partial charge in [0.2, 0.25) is 5.69 Å². The fourth-order valence-corrected chi connectivity index (χ4v) is 1.50. The van der Waals surface area contributed by atoms with Crippen molar-refractivity contribution < 1.29 is 8.98 Å². The minimum atomic E-state index is 0.493. The molecule has 0 fully saturated rings. The van der Waals surface area contributed by atoms with E-state index in [1.165, 1.54) is 5.69 Å². The molecule has 0 radical (unpaired) electrons. The standard InChI is InChI=1S/C9H16NO/c1-6(2)10-7(3)8(4)11-9(10)5/h6H,1-5H3/q+1. The molecule has 0 aromatic carbocycles. The Morgan fingerprint density at radius 3 is 1.91 bits per heavy atom. The van der Waals surface area contributed by atoms with Crippen molar-refractivity contribution in [2.75, 3.05) is 0 Å². The third-order valence-corrected chi connectivity index (χ3v) is 2.03. The third kappa shape index (κ3) is 1.30. The average Bonchev–Trinajstić information content (AvgIpc) is 2.07. The highest BCUT2D eigenvalue weighted by Crippen LogP contribution is 2.08. The van der Waals surface area contributed by atoms with Gasteiger partial charge in [0.25, 0.3) is 0 Å². The molecule has 1 aromatic rings. The Kier molecular flexibility index (Phi) is 2.03. The van der Waals surface area contributed by atoms with Crippen LogP contribution in [0, 0.1) is 20.8 Å². The lowest BCUT2D eigenvalue weighted by Crippen LogP contribution is -2.39. The first-order valence-corrected chi connectivity index (χ1v) is 4.02. The normalized spacial score (nSPS) is 11.1. The molecule has 0 bridgehead atoms. The maximum atomic E-state index is 5.47. The van der Waals surface area contributed by atoms with E-state index in [0.717, 1.165) is 11.7 Å². The van der Waals surface area contributed by atoms with E-state index < -0.39 is 0 Å². The Hall–Kier alpha value is -0.790. The Morgan fingerprint density at radius 1 is 1.18 bits per heavy atom. The molecule has 1 heterocycles. The topological polar surface area (TPSA) is 17.0 Å². The lowest BCUT2D eigenvalue weighted by Gasteiger charge is -1.97. The number of oxazole rings is 1. The van der Waals surface area contributed by atoms with Crippen molar-refractivity contribution in [1.29, 1.82) is 0 Å². The summed E-state index contributed by atoms with van der Waals surface area (Å²) in [5.74, 6) is 2.02. The van der Waals surface area contributed by atoms with E-state index in [2.05, 4.69) is 25.3 Å². The van der Waals surface area contributed by atoms with E-state index >= 15 is 0 Å². The molecule has 11 heavy (non-hydrogen) atoms. The van der Waals surface area contributed by atoms with Crippen LogP contribution in [0.4, 0.5) is 0 Å². The van der Waals surface area contributed by atoms with Gasteiger partial charge in [-0.2, -0.15) is 4.57 Å². The van der Waals surface area contributed by atoms with E-state index in [1.54, 1.807) is 0 Å². The molecular formula is C9H16NO+. The van der Waals surface area contributed by atoms with E-state index in [4.69, 9.17) is 4.42 Å². The first-order chi connectivity index (χ1) is 5.04. The summed E-state index contributed by atoms with van der Waals surface area (Å²) in [5, 5.41) is 0. The molecule has 0 aliphatic rings. The largest absolute Gasteiger partial charge is 0.407 e. The zero-order chi connectivity index (χ0) is 8.59. The summed E-state index contributed by atoms with van der Waals surface area (Å²) in [5.41, 5.74) is 1.23. The molecular weight excluding hydrogens is 138 g/mol. The van der Waals surface area contributed by atoms with Gasteiger partial charge in [-0.25, -0.2) is 0 Å². The molecule has 0 saturated heterocycles.